The van der Waals surface area contributed by atoms with Gasteiger partial charge in [0.15, 0.2) is 6.61 Å². The standard InChI is InChI=1S/C23H28N2O5/c1-23(2,3)30-22(28)24-15-7-10-21(27)29-16-20(26)25-19-13-11-18(12-14-19)17-8-5-4-6-9-17/h4-6,8-9,11-14H,7,10,15-16H2,1-3H3,(H,24,28)(H,25,26). The quantitative estimate of drug-likeness (QED) is 0.502. The summed E-state index contributed by atoms with van der Waals surface area (Å²) in [6.45, 7) is 5.23. The Kier molecular flexibility index (Phi) is 8.41. The van der Waals surface area contributed by atoms with Gasteiger partial charge in [-0.2, -0.15) is 0 Å². The van der Waals surface area contributed by atoms with E-state index in [4.69, 9.17) is 9.47 Å². The third-order valence-electron chi connectivity index (χ3n) is 3.87. The van der Waals surface area contributed by atoms with E-state index in [9.17, 15) is 14.4 Å². The minimum Gasteiger partial charge on any atom is -0.456 e. The molecule has 0 aliphatic rings. The van der Waals surface area contributed by atoms with Crippen molar-refractivity contribution < 1.29 is 23.9 Å². The minimum atomic E-state index is -0.571. The molecule has 0 bridgehead atoms. The highest BCUT2D eigenvalue weighted by atomic mass is 16.6. The van der Waals surface area contributed by atoms with E-state index >= 15 is 0 Å². The Hall–Kier alpha value is -3.35. The van der Waals surface area contributed by atoms with Crippen LogP contribution in [0.25, 0.3) is 11.1 Å². The molecule has 0 radical (unpaired) electrons. The predicted octanol–water partition coefficient (Wildman–Crippen LogP) is 4.14. The number of nitrogens with one attached hydrogen (secondary N) is 2. The normalized spacial score (nSPS) is 10.8. The Morgan fingerprint density at radius 3 is 2.17 bits per heavy atom. The van der Waals surface area contributed by atoms with E-state index in [0.717, 1.165) is 11.1 Å². The maximum absolute atomic E-state index is 12.0. The number of ether oxygens (including phenoxy) is 2. The molecule has 0 fully saturated rings. The number of amides is 2. The molecule has 0 aromatic heterocycles. The van der Waals surface area contributed by atoms with Gasteiger partial charge in [0.2, 0.25) is 0 Å². The van der Waals surface area contributed by atoms with Crippen molar-refractivity contribution in [3.05, 3.63) is 54.6 Å². The van der Waals surface area contributed by atoms with E-state index < -0.39 is 23.6 Å². The first kappa shape index (κ1) is 22.9. The van der Waals surface area contributed by atoms with Gasteiger partial charge < -0.3 is 20.1 Å². The van der Waals surface area contributed by atoms with Crippen LogP contribution < -0.4 is 10.6 Å². The van der Waals surface area contributed by atoms with E-state index in [1.807, 2.05) is 42.5 Å². The lowest BCUT2D eigenvalue weighted by Gasteiger charge is -2.19. The summed E-state index contributed by atoms with van der Waals surface area (Å²) < 4.78 is 10.1. The van der Waals surface area contributed by atoms with Crippen LogP contribution in [0.3, 0.4) is 0 Å². The molecule has 0 atom stereocenters. The second-order valence-corrected chi connectivity index (χ2v) is 7.68. The molecule has 2 N–H and O–H groups in total. The molecule has 0 unspecified atom stereocenters. The number of anilines is 1. The monoisotopic (exact) mass is 412 g/mol. The van der Waals surface area contributed by atoms with Gasteiger partial charge >= 0.3 is 12.1 Å². The summed E-state index contributed by atoms with van der Waals surface area (Å²) in [4.78, 5) is 35.2. The molecule has 7 heteroatoms. The van der Waals surface area contributed by atoms with Gasteiger partial charge in [-0.3, -0.25) is 9.59 Å². The van der Waals surface area contributed by atoms with Crippen LogP contribution in [0.1, 0.15) is 33.6 Å². The molecule has 0 aliphatic carbocycles. The van der Waals surface area contributed by atoms with Crippen molar-refractivity contribution in [2.45, 2.75) is 39.2 Å². The largest absolute Gasteiger partial charge is 0.456 e. The summed E-state index contributed by atoms with van der Waals surface area (Å²) in [5.41, 5.74) is 2.18. The van der Waals surface area contributed by atoms with Crippen molar-refractivity contribution in [3.8, 4) is 11.1 Å². The second kappa shape index (κ2) is 11.0. The number of esters is 1. The molecule has 30 heavy (non-hydrogen) atoms. The summed E-state index contributed by atoms with van der Waals surface area (Å²) >= 11 is 0. The SMILES string of the molecule is CC(C)(C)OC(=O)NCCCC(=O)OCC(=O)Nc1ccc(-c2ccccc2)cc1. The van der Waals surface area contributed by atoms with Gasteiger partial charge in [-0.15, -0.1) is 0 Å². The van der Waals surface area contributed by atoms with Crippen LogP contribution in [0.5, 0.6) is 0 Å². The van der Waals surface area contributed by atoms with Crippen LogP contribution in [-0.2, 0) is 19.1 Å². The Labute approximate surface area is 176 Å². The zero-order valence-electron chi connectivity index (χ0n) is 17.6. The first-order chi connectivity index (χ1) is 14.2. The minimum absolute atomic E-state index is 0.0921. The fourth-order valence-corrected chi connectivity index (χ4v) is 2.53. The van der Waals surface area contributed by atoms with Crippen LogP contribution in [0.4, 0.5) is 10.5 Å². The van der Waals surface area contributed by atoms with Crippen molar-refractivity contribution in [1.82, 2.24) is 5.32 Å². The molecular formula is C23H28N2O5. The Bertz CT molecular complexity index is 842. The summed E-state index contributed by atoms with van der Waals surface area (Å²) in [5, 5.41) is 5.25. The molecule has 2 amide bonds. The van der Waals surface area contributed by atoms with Gasteiger partial charge in [-0.05, 0) is 50.5 Å². The van der Waals surface area contributed by atoms with E-state index in [2.05, 4.69) is 10.6 Å². The molecule has 7 nitrogen and oxygen atoms in total. The van der Waals surface area contributed by atoms with E-state index in [-0.39, 0.29) is 19.6 Å². The fraction of sp³-hybridized carbons (Fsp3) is 0.348. The van der Waals surface area contributed by atoms with Crippen molar-refractivity contribution in [3.63, 3.8) is 0 Å². The average molecular weight is 412 g/mol. The van der Waals surface area contributed by atoms with Crippen molar-refractivity contribution in [2.75, 3.05) is 18.5 Å². The number of alkyl carbamates (subject to hydrolysis) is 1. The Balaban J connectivity index is 1.64. The van der Waals surface area contributed by atoms with Crippen LogP contribution in [-0.4, -0.2) is 36.7 Å². The van der Waals surface area contributed by atoms with E-state index in [1.54, 1.807) is 32.9 Å². The van der Waals surface area contributed by atoms with Gasteiger partial charge in [-0.1, -0.05) is 42.5 Å². The Morgan fingerprint density at radius 2 is 1.53 bits per heavy atom. The highest BCUT2D eigenvalue weighted by molar-refractivity contribution is 5.93. The number of carbonyl (C=O) groups is 3. The van der Waals surface area contributed by atoms with Gasteiger partial charge in [0.25, 0.3) is 5.91 Å². The fourth-order valence-electron chi connectivity index (χ4n) is 2.53. The van der Waals surface area contributed by atoms with Gasteiger partial charge in [0, 0.05) is 18.7 Å². The summed E-state index contributed by atoms with van der Waals surface area (Å²) in [6.07, 6.45) is -0.0521. The summed E-state index contributed by atoms with van der Waals surface area (Å²) in [6, 6.07) is 17.3. The highest BCUT2D eigenvalue weighted by Crippen LogP contribution is 2.20. The molecule has 0 aliphatic heterocycles. The molecule has 2 aromatic carbocycles. The lowest BCUT2D eigenvalue weighted by Crippen LogP contribution is -2.33. The maximum atomic E-state index is 12.0. The maximum Gasteiger partial charge on any atom is 0.407 e. The van der Waals surface area contributed by atoms with Crippen molar-refractivity contribution in [1.29, 1.82) is 0 Å². The third kappa shape index (κ3) is 8.77. The molecule has 0 saturated carbocycles. The molecule has 160 valence electrons. The number of carbonyl (C=O) groups excluding carboxylic acids is 3. The molecule has 2 aromatic rings. The first-order valence-corrected chi connectivity index (χ1v) is 9.81. The Morgan fingerprint density at radius 1 is 0.900 bits per heavy atom. The van der Waals surface area contributed by atoms with Gasteiger partial charge in [0.05, 0.1) is 0 Å². The van der Waals surface area contributed by atoms with Gasteiger partial charge in [0.1, 0.15) is 5.60 Å². The van der Waals surface area contributed by atoms with Crippen LogP contribution in [0.15, 0.2) is 54.6 Å². The van der Waals surface area contributed by atoms with Crippen LogP contribution in [0.2, 0.25) is 0 Å². The van der Waals surface area contributed by atoms with E-state index in [1.165, 1.54) is 0 Å². The molecule has 0 spiro atoms. The lowest BCUT2D eigenvalue weighted by molar-refractivity contribution is -0.147. The van der Waals surface area contributed by atoms with Crippen LogP contribution in [0, 0.1) is 0 Å². The molecule has 0 heterocycles. The predicted molar refractivity (Wildman–Crippen MR) is 115 cm³/mol. The number of hydrogen-bond acceptors (Lipinski definition) is 5. The average Bonchev–Trinajstić information content (AvgIpc) is 2.69. The number of hydrogen-bond donors (Lipinski definition) is 2. The first-order valence-electron chi connectivity index (χ1n) is 9.81. The third-order valence-corrected chi connectivity index (χ3v) is 3.87. The summed E-state index contributed by atoms with van der Waals surface area (Å²) in [7, 11) is 0. The zero-order valence-corrected chi connectivity index (χ0v) is 17.6. The highest BCUT2D eigenvalue weighted by Gasteiger charge is 2.15. The molecule has 2 rings (SSSR count). The second-order valence-electron chi connectivity index (χ2n) is 7.68. The van der Waals surface area contributed by atoms with Gasteiger partial charge in [-0.25, -0.2) is 4.79 Å². The van der Waals surface area contributed by atoms with Crippen molar-refractivity contribution >= 4 is 23.7 Å². The topological polar surface area (TPSA) is 93.7 Å². The zero-order chi connectivity index (χ0) is 22.0. The number of benzene rings is 2. The smallest absolute Gasteiger partial charge is 0.407 e. The lowest BCUT2D eigenvalue weighted by atomic mass is 10.1. The van der Waals surface area contributed by atoms with Crippen LogP contribution >= 0.6 is 0 Å². The van der Waals surface area contributed by atoms with Crippen molar-refractivity contribution in [2.24, 2.45) is 0 Å². The van der Waals surface area contributed by atoms with E-state index in [0.29, 0.717) is 12.1 Å². The summed E-state index contributed by atoms with van der Waals surface area (Å²) in [5.74, 6) is -0.918. The molecular weight excluding hydrogens is 384 g/mol. The molecule has 0 saturated heterocycles. The number of rotatable bonds is 8.